The number of aromatic amines is 1. The molecule has 3 heterocycles. The van der Waals surface area contributed by atoms with E-state index in [1.165, 1.54) is 22.7 Å². The predicted octanol–water partition coefficient (Wildman–Crippen LogP) is 5.01. The molecule has 1 amide bonds. The van der Waals surface area contributed by atoms with E-state index in [4.69, 9.17) is 16.3 Å². The number of thiazole rings is 2. The monoisotopic (exact) mass is 430 g/mol. The van der Waals surface area contributed by atoms with Crippen molar-refractivity contribution in [2.45, 2.75) is 13.0 Å². The van der Waals surface area contributed by atoms with Crippen molar-refractivity contribution in [1.82, 2.24) is 15.0 Å². The Labute approximate surface area is 174 Å². The third-order valence-corrected chi connectivity index (χ3v) is 5.62. The van der Waals surface area contributed by atoms with Crippen molar-refractivity contribution in [3.8, 4) is 17.1 Å². The number of halogens is 1. The normalized spacial score (nSPS) is 10.8. The Morgan fingerprint density at radius 1 is 1.14 bits per heavy atom. The first-order chi connectivity index (χ1) is 13.7. The van der Waals surface area contributed by atoms with Crippen LogP contribution < -0.4 is 10.1 Å². The van der Waals surface area contributed by atoms with Crippen LogP contribution in [0.1, 0.15) is 10.7 Å². The van der Waals surface area contributed by atoms with Crippen LogP contribution in [0.15, 0.2) is 53.4 Å². The minimum atomic E-state index is -0.150. The number of amides is 1. The Morgan fingerprint density at radius 3 is 2.79 bits per heavy atom. The number of anilines is 1. The Morgan fingerprint density at radius 2 is 2.00 bits per heavy atom. The molecular formula is C19H15ClN4O2S2. The van der Waals surface area contributed by atoms with Crippen molar-refractivity contribution in [2.24, 2.45) is 0 Å². The molecule has 9 heteroatoms. The molecule has 3 aromatic heterocycles. The van der Waals surface area contributed by atoms with Crippen molar-refractivity contribution in [2.75, 3.05) is 5.32 Å². The first kappa shape index (κ1) is 18.7. The van der Waals surface area contributed by atoms with Crippen LogP contribution in [0, 0.1) is 0 Å². The maximum absolute atomic E-state index is 12.3. The summed E-state index contributed by atoms with van der Waals surface area (Å²) < 4.78 is 5.68. The molecule has 0 fully saturated rings. The van der Waals surface area contributed by atoms with E-state index in [1.807, 2.05) is 29.1 Å². The van der Waals surface area contributed by atoms with Gasteiger partial charge in [0.1, 0.15) is 17.4 Å². The largest absolute Gasteiger partial charge is 0.486 e. The molecule has 0 saturated carbocycles. The molecule has 4 aromatic rings. The zero-order valence-corrected chi connectivity index (χ0v) is 16.9. The van der Waals surface area contributed by atoms with Gasteiger partial charge < -0.3 is 15.0 Å². The molecule has 6 nitrogen and oxygen atoms in total. The third-order valence-electron chi connectivity index (χ3n) is 3.74. The number of carbonyl (C=O) groups excluding carboxylic acids is 1. The van der Waals surface area contributed by atoms with E-state index in [2.05, 4.69) is 20.3 Å². The molecule has 0 aliphatic rings. The highest BCUT2D eigenvalue weighted by Gasteiger charge is 2.11. The second-order valence-electron chi connectivity index (χ2n) is 5.82. The second-order valence-corrected chi connectivity index (χ2v) is 8.06. The lowest BCUT2D eigenvalue weighted by Crippen LogP contribution is -2.14. The fourth-order valence-electron chi connectivity index (χ4n) is 2.44. The molecule has 0 saturated heterocycles. The molecule has 0 atom stereocenters. The minimum Gasteiger partial charge on any atom is -0.486 e. The number of nitrogens with zero attached hydrogens (tertiary/aromatic N) is 2. The lowest BCUT2D eigenvalue weighted by atomic mass is 10.3. The molecule has 142 valence electrons. The number of H-pyrrole nitrogens is 1. The van der Waals surface area contributed by atoms with Gasteiger partial charge in [-0.3, -0.25) is 4.79 Å². The third kappa shape index (κ3) is 4.78. The second kappa shape index (κ2) is 8.55. The summed E-state index contributed by atoms with van der Waals surface area (Å²) in [6.07, 6.45) is 2.03. The quantitative estimate of drug-likeness (QED) is 0.432. The summed E-state index contributed by atoms with van der Waals surface area (Å²) in [5.41, 5.74) is 2.43. The van der Waals surface area contributed by atoms with Gasteiger partial charge >= 0.3 is 0 Å². The number of benzene rings is 1. The van der Waals surface area contributed by atoms with Crippen LogP contribution >= 0.6 is 34.3 Å². The van der Waals surface area contributed by atoms with E-state index >= 15 is 0 Å². The summed E-state index contributed by atoms with van der Waals surface area (Å²) in [6, 6.07) is 11.0. The van der Waals surface area contributed by atoms with Crippen LogP contribution in [-0.2, 0) is 17.8 Å². The number of aromatic nitrogens is 3. The summed E-state index contributed by atoms with van der Waals surface area (Å²) in [7, 11) is 0. The van der Waals surface area contributed by atoms with E-state index < -0.39 is 0 Å². The highest BCUT2D eigenvalue weighted by Crippen LogP contribution is 2.24. The Bertz CT molecular complexity index is 1060. The Kier molecular flexibility index (Phi) is 5.70. The van der Waals surface area contributed by atoms with Crippen LogP contribution in [-0.4, -0.2) is 20.9 Å². The van der Waals surface area contributed by atoms with Gasteiger partial charge in [-0.2, -0.15) is 0 Å². The predicted molar refractivity (Wildman–Crippen MR) is 112 cm³/mol. The Hall–Kier alpha value is -2.68. The van der Waals surface area contributed by atoms with Gasteiger partial charge in [0.2, 0.25) is 5.91 Å². The molecule has 0 spiro atoms. The summed E-state index contributed by atoms with van der Waals surface area (Å²) in [4.78, 5) is 24.2. The van der Waals surface area contributed by atoms with Crippen molar-refractivity contribution in [3.05, 3.63) is 69.1 Å². The molecule has 0 aliphatic heterocycles. The minimum absolute atomic E-state index is 0.150. The van der Waals surface area contributed by atoms with Crippen molar-refractivity contribution < 1.29 is 9.53 Å². The van der Waals surface area contributed by atoms with Gasteiger partial charge in [0, 0.05) is 22.0 Å². The molecule has 0 unspecified atom stereocenters. The van der Waals surface area contributed by atoms with Gasteiger partial charge in [0.05, 0.1) is 23.5 Å². The zero-order chi connectivity index (χ0) is 19.3. The van der Waals surface area contributed by atoms with Gasteiger partial charge in [-0.15, -0.1) is 22.7 Å². The maximum atomic E-state index is 12.3. The number of rotatable bonds is 7. The fourth-order valence-corrected chi connectivity index (χ4v) is 4.00. The first-order valence-corrected chi connectivity index (χ1v) is 10.5. The molecule has 2 N–H and O–H groups in total. The van der Waals surface area contributed by atoms with Crippen molar-refractivity contribution in [1.29, 1.82) is 0 Å². The van der Waals surface area contributed by atoms with E-state index in [9.17, 15) is 4.79 Å². The molecule has 0 aliphatic carbocycles. The van der Waals surface area contributed by atoms with Gasteiger partial charge in [-0.25, -0.2) is 9.97 Å². The van der Waals surface area contributed by atoms with E-state index in [0.29, 0.717) is 22.5 Å². The highest BCUT2D eigenvalue weighted by molar-refractivity contribution is 7.14. The highest BCUT2D eigenvalue weighted by atomic mass is 35.5. The van der Waals surface area contributed by atoms with Crippen molar-refractivity contribution in [3.63, 3.8) is 0 Å². The standard InChI is InChI=1S/C19H15ClN4O2S2/c20-12-3-5-14(6-4-12)26-9-18-22-13(10-27-18)8-17(25)24-19-23-16(11-28-19)15-2-1-7-21-15/h1-7,10-11,21H,8-9H2,(H,23,24,25). The van der Waals surface area contributed by atoms with Crippen LogP contribution in [0.25, 0.3) is 11.4 Å². The Balaban J connectivity index is 1.29. The van der Waals surface area contributed by atoms with E-state index in [-0.39, 0.29) is 12.3 Å². The molecule has 0 radical (unpaired) electrons. The maximum Gasteiger partial charge on any atom is 0.232 e. The van der Waals surface area contributed by atoms with Crippen LogP contribution in [0.3, 0.4) is 0 Å². The first-order valence-electron chi connectivity index (χ1n) is 8.36. The lowest BCUT2D eigenvalue weighted by Gasteiger charge is -2.03. The molecule has 4 rings (SSSR count). The topological polar surface area (TPSA) is 79.9 Å². The summed E-state index contributed by atoms with van der Waals surface area (Å²) >= 11 is 8.71. The number of hydrogen-bond donors (Lipinski definition) is 2. The van der Waals surface area contributed by atoms with Crippen LogP contribution in [0.5, 0.6) is 5.75 Å². The van der Waals surface area contributed by atoms with E-state index in [0.717, 1.165) is 22.1 Å². The number of ether oxygens (including phenoxy) is 1. The smallest absolute Gasteiger partial charge is 0.232 e. The van der Waals surface area contributed by atoms with Gasteiger partial charge in [0.15, 0.2) is 5.13 Å². The fraction of sp³-hybridized carbons (Fsp3) is 0.105. The van der Waals surface area contributed by atoms with Crippen molar-refractivity contribution >= 4 is 45.3 Å². The lowest BCUT2D eigenvalue weighted by molar-refractivity contribution is -0.115. The number of carbonyl (C=O) groups is 1. The summed E-state index contributed by atoms with van der Waals surface area (Å²) in [5.74, 6) is 0.573. The number of hydrogen-bond acceptors (Lipinski definition) is 6. The molecule has 0 bridgehead atoms. The number of nitrogens with one attached hydrogen (secondary N) is 2. The van der Waals surface area contributed by atoms with Crippen LogP contribution in [0.2, 0.25) is 5.02 Å². The molecular weight excluding hydrogens is 416 g/mol. The van der Waals surface area contributed by atoms with E-state index in [1.54, 1.807) is 24.3 Å². The average Bonchev–Trinajstić information content (AvgIpc) is 3.43. The summed E-state index contributed by atoms with van der Waals surface area (Å²) in [6.45, 7) is 0.347. The van der Waals surface area contributed by atoms with Gasteiger partial charge in [-0.1, -0.05) is 11.6 Å². The van der Waals surface area contributed by atoms with Gasteiger partial charge in [-0.05, 0) is 36.4 Å². The van der Waals surface area contributed by atoms with Gasteiger partial charge in [0.25, 0.3) is 0 Å². The zero-order valence-electron chi connectivity index (χ0n) is 14.5. The molecule has 1 aromatic carbocycles. The molecule has 28 heavy (non-hydrogen) atoms. The average molecular weight is 431 g/mol. The summed E-state index contributed by atoms with van der Waals surface area (Å²) in [5, 5.41) is 8.62. The SMILES string of the molecule is O=C(Cc1csc(COc2ccc(Cl)cc2)n1)Nc1nc(-c2ccc[nH]2)cs1. The van der Waals surface area contributed by atoms with Crippen LogP contribution in [0.4, 0.5) is 5.13 Å².